The first-order chi connectivity index (χ1) is 16.1. The van der Waals surface area contributed by atoms with Gasteiger partial charge in [0.1, 0.15) is 5.54 Å². The van der Waals surface area contributed by atoms with Crippen LogP contribution in [0.5, 0.6) is 0 Å². The average Bonchev–Trinajstić information content (AvgIpc) is 3.22. The zero-order valence-corrected chi connectivity index (χ0v) is 19.6. The monoisotopic (exact) mass is 435 g/mol. The molecule has 5 aromatic rings. The molecule has 33 heavy (non-hydrogen) atoms. The molecule has 2 heterocycles. The van der Waals surface area contributed by atoms with Gasteiger partial charge in [-0.2, -0.15) is 5.10 Å². The molecule has 0 unspecified atom stereocenters. The second-order valence-corrected chi connectivity index (χ2v) is 7.77. The van der Waals surface area contributed by atoms with Crippen molar-refractivity contribution in [3.05, 3.63) is 136 Å². The molecule has 0 saturated heterocycles. The van der Waals surface area contributed by atoms with E-state index in [0.29, 0.717) is 0 Å². The summed E-state index contributed by atoms with van der Waals surface area (Å²) in [7, 11) is 1.80. The lowest BCUT2D eigenvalue weighted by molar-refractivity contribution is 0.473. The van der Waals surface area contributed by atoms with Gasteiger partial charge in [-0.05, 0) is 29.7 Å². The van der Waals surface area contributed by atoms with Crippen molar-refractivity contribution in [2.45, 2.75) is 26.3 Å². The van der Waals surface area contributed by atoms with Crippen LogP contribution in [0.4, 0.5) is 0 Å². The molecule has 3 aromatic carbocycles. The Morgan fingerprint density at radius 1 is 0.667 bits per heavy atom. The standard InChI is InChI=1S/C27H23N3O.C2H6/c1-20-26-24(18-19-25(31)29(26)2)30(28-20)27(21-12-6-3-7-13-21,22-14-8-4-9-15-22)23-16-10-5-11-17-23;1-2/h3-19H,1-2H3;1-2H3. The van der Waals surface area contributed by atoms with Crippen molar-refractivity contribution in [3.8, 4) is 0 Å². The summed E-state index contributed by atoms with van der Waals surface area (Å²) in [4.78, 5) is 12.4. The predicted octanol–water partition coefficient (Wildman–Crippen LogP) is 5.91. The lowest BCUT2D eigenvalue weighted by Crippen LogP contribution is -2.38. The highest BCUT2D eigenvalue weighted by Gasteiger charge is 2.40. The summed E-state index contributed by atoms with van der Waals surface area (Å²) in [6.07, 6.45) is 0. The Hall–Kier alpha value is -3.92. The number of pyridine rings is 1. The van der Waals surface area contributed by atoms with Crippen molar-refractivity contribution in [1.29, 1.82) is 0 Å². The van der Waals surface area contributed by atoms with E-state index < -0.39 is 5.54 Å². The van der Waals surface area contributed by atoms with E-state index in [1.54, 1.807) is 17.7 Å². The molecule has 4 nitrogen and oxygen atoms in total. The smallest absolute Gasteiger partial charge is 0.250 e. The first-order valence-corrected chi connectivity index (χ1v) is 11.4. The molecule has 0 spiro atoms. The number of nitrogens with zero attached hydrogens (tertiary/aromatic N) is 3. The fourth-order valence-electron chi connectivity index (χ4n) is 4.63. The van der Waals surface area contributed by atoms with E-state index in [0.717, 1.165) is 33.4 Å². The Bertz CT molecular complexity index is 1310. The van der Waals surface area contributed by atoms with Crippen molar-refractivity contribution in [2.75, 3.05) is 0 Å². The van der Waals surface area contributed by atoms with Gasteiger partial charge in [0.05, 0.1) is 16.7 Å². The van der Waals surface area contributed by atoms with E-state index in [1.807, 2.05) is 45.0 Å². The summed E-state index contributed by atoms with van der Waals surface area (Å²) in [5.41, 5.74) is 5.15. The summed E-state index contributed by atoms with van der Waals surface area (Å²) in [6, 6.07) is 34.8. The second kappa shape index (κ2) is 9.29. The van der Waals surface area contributed by atoms with Gasteiger partial charge in [0.15, 0.2) is 0 Å². The van der Waals surface area contributed by atoms with Gasteiger partial charge in [-0.15, -0.1) is 0 Å². The Morgan fingerprint density at radius 2 is 1.09 bits per heavy atom. The minimum atomic E-state index is -0.701. The van der Waals surface area contributed by atoms with Gasteiger partial charge in [-0.3, -0.25) is 4.79 Å². The summed E-state index contributed by atoms with van der Waals surface area (Å²) >= 11 is 0. The number of aryl methyl sites for hydroxylation is 2. The lowest BCUT2D eigenvalue weighted by Gasteiger charge is -2.37. The number of fused-ring (bicyclic) bond motifs is 1. The van der Waals surface area contributed by atoms with E-state index in [1.165, 1.54) is 0 Å². The van der Waals surface area contributed by atoms with Gasteiger partial charge in [-0.25, -0.2) is 4.68 Å². The van der Waals surface area contributed by atoms with Crippen LogP contribution in [-0.4, -0.2) is 14.3 Å². The highest BCUT2D eigenvalue weighted by atomic mass is 16.1. The third-order valence-electron chi connectivity index (χ3n) is 6.01. The highest BCUT2D eigenvalue weighted by Crippen LogP contribution is 2.42. The number of rotatable bonds is 4. The molecular weight excluding hydrogens is 406 g/mol. The van der Waals surface area contributed by atoms with Gasteiger partial charge in [0, 0.05) is 13.1 Å². The van der Waals surface area contributed by atoms with E-state index >= 15 is 0 Å². The molecule has 2 aromatic heterocycles. The maximum Gasteiger partial charge on any atom is 0.250 e. The van der Waals surface area contributed by atoms with Crippen molar-refractivity contribution in [1.82, 2.24) is 14.3 Å². The van der Waals surface area contributed by atoms with Gasteiger partial charge in [0.2, 0.25) is 0 Å². The van der Waals surface area contributed by atoms with Crippen LogP contribution in [0.3, 0.4) is 0 Å². The summed E-state index contributed by atoms with van der Waals surface area (Å²) < 4.78 is 3.76. The van der Waals surface area contributed by atoms with Crippen LogP contribution in [-0.2, 0) is 12.6 Å². The molecular formula is C29H29N3O. The minimum absolute atomic E-state index is 0.0418. The van der Waals surface area contributed by atoms with Crippen LogP contribution in [0.1, 0.15) is 36.2 Å². The molecule has 0 amide bonds. The largest absolute Gasteiger partial charge is 0.308 e. The molecule has 0 aliphatic heterocycles. The van der Waals surface area contributed by atoms with E-state index in [-0.39, 0.29) is 5.56 Å². The molecule has 5 rings (SSSR count). The summed E-state index contributed by atoms with van der Waals surface area (Å²) in [5.74, 6) is 0. The average molecular weight is 436 g/mol. The molecule has 0 radical (unpaired) electrons. The van der Waals surface area contributed by atoms with Crippen LogP contribution < -0.4 is 5.56 Å². The van der Waals surface area contributed by atoms with E-state index in [2.05, 4.69) is 77.5 Å². The molecule has 166 valence electrons. The predicted molar refractivity (Wildman–Crippen MR) is 136 cm³/mol. The van der Waals surface area contributed by atoms with Crippen LogP contribution in [0.15, 0.2) is 108 Å². The van der Waals surface area contributed by atoms with Gasteiger partial charge in [0.25, 0.3) is 5.56 Å². The number of hydrogen-bond acceptors (Lipinski definition) is 2. The Labute approximate surface area is 194 Å². The fraction of sp³-hybridized carbons (Fsp3) is 0.172. The maximum absolute atomic E-state index is 12.4. The number of aromatic nitrogens is 3. The molecule has 0 atom stereocenters. The van der Waals surface area contributed by atoms with Crippen LogP contribution in [0.25, 0.3) is 11.0 Å². The maximum atomic E-state index is 12.4. The quantitative estimate of drug-likeness (QED) is 0.329. The molecule has 0 saturated carbocycles. The van der Waals surface area contributed by atoms with Gasteiger partial charge < -0.3 is 4.57 Å². The molecule has 0 fully saturated rings. The first kappa shape index (κ1) is 22.3. The lowest BCUT2D eigenvalue weighted by atomic mass is 9.77. The van der Waals surface area contributed by atoms with Crippen molar-refractivity contribution < 1.29 is 0 Å². The summed E-state index contributed by atoms with van der Waals surface area (Å²) in [6.45, 7) is 5.96. The highest BCUT2D eigenvalue weighted by molar-refractivity contribution is 5.79. The molecule has 0 aliphatic rings. The third-order valence-corrected chi connectivity index (χ3v) is 6.01. The van der Waals surface area contributed by atoms with Crippen LogP contribution in [0, 0.1) is 6.92 Å². The van der Waals surface area contributed by atoms with Gasteiger partial charge in [-0.1, -0.05) is 105 Å². The fourth-order valence-corrected chi connectivity index (χ4v) is 4.63. The third kappa shape index (κ3) is 3.58. The van der Waals surface area contributed by atoms with Crippen molar-refractivity contribution >= 4 is 11.0 Å². The molecule has 0 bridgehead atoms. The van der Waals surface area contributed by atoms with Gasteiger partial charge >= 0.3 is 0 Å². The van der Waals surface area contributed by atoms with Crippen molar-refractivity contribution in [3.63, 3.8) is 0 Å². The first-order valence-electron chi connectivity index (χ1n) is 11.4. The summed E-state index contributed by atoms with van der Waals surface area (Å²) in [5, 5.41) is 5.05. The Morgan fingerprint density at radius 3 is 1.52 bits per heavy atom. The van der Waals surface area contributed by atoms with Crippen LogP contribution in [0.2, 0.25) is 0 Å². The molecule has 0 aliphatic carbocycles. The topological polar surface area (TPSA) is 39.8 Å². The second-order valence-electron chi connectivity index (χ2n) is 7.77. The van der Waals surface area contributed by atoms with E-state index in [9.17, 15) is 4.79 Å². The van der Waals surface area contributed by atoms with Crippen LogP contribution >= 0.6 is 0 Å². The number of benzene rings is 3. The van der Waals surface area contributed by atoms with Crippen molar-refractivity contribution in [2.24, 2.45) is 7.05 Å². The minimum Gasteiger partial charge on any atom is -0.308 e. The molecule has 4 heteroatoms. The molecule has 0 N–H and O–H groups in total. The SMILES string of the molecule is CC.Cc1nn(C(c2ccccc2)(c2ccccc2)c2ccccc2)c2ccc(=O)n(C)c12. The number of hydrogen-bond donors (Lipinski definition) is 0. The normalized spacial score (nSPS) is 11.2. The zero-order valence-electron chi connectivity index (χ0n) is 19.6. The Kier molecular flexibility index (Phi) is 6.27. The Balaban J connectivity index is 0.00000126. The van der Waals surface area contributed by atoms with E-state index in [4.69, 9.17) is 5.10 Å². The zero-order chi connectivity index (χ0) is 23.4.